The van der Waals surface area contributed by atoms with Gasteiger partial charge in [0.25, 0.3) is 0 Å². The predicted molar refractivity (Wildman–Crippen MR) is 78.2 cm³/mol. The molecule has 1 aromatic carbocycles. The van der Waals surface area contributed by atoms with Crippen LogP contribution in [-0.4, -0.2) is 8.32 Å². The van der Waals surface area contributed by atoms with Crippen LogP contribution in [0.25, 0.3) is 0 Å². The summed E-state index contributed by atoms with van der Waals surface area (Å²) in [5.41, 5.74) is 2.44. The van der Waals surface area contributed by atoms with Crippen molar-refractivity contribution in [2.24, 2.45) is 0 Å². The maximum Gasteiger partial charge on any atom is 0.192 e. The second kappa shape index (κ2) is 5.13. The van der Waals surface area contributed by atoms with Crippen LogP contribution in [-0.2, 0) is 11.0 Å². The Morgan fingerprint density at radius 3 is 2.29 bits per heavy atom. The van der Waals surface area contributed by atoms with Crippen molar-refractivity contribution < 1.29 is 4.43 Å². The van der Waals surface area contributed by atoms with E-state index in [1.54, 1.807) is 0 Å². The van der Waals surface area contributed by atoms with Gasteiger partial charge < -0.3 is 4.43 Å². The third-order valence-corrected chi connectivity index (χ3v) is 8.41. The van der Waals surface area contributed by atoms with Gasteiger partial charge in [-0.3, -0.25) is 0 Å². The molecule has 0 aliphatic rings. The van der Waals surface area contributed by atoms with Crippen LogP contribution in [0.2, 0.25) is 23.2 Å². The van der Waals surface area contributed by atoms with Crippen LogP contribution in [0.4, 0.5) is 0 Å². The van der Waals surface area contributed by atoms with Gasteiger partial charge >= 0.3 is 0 Å². The maximum atomic E-state index is 6.20. The lowest BCUT2D eigenvalue weighted by molar-refractivity contribution is 0.275. The summed E-state index contributed by atoms with van der Waals surface area (Å²) in [7, 11) is -1.66. The van der Waals surface area contributed by atoms with Crippen molar-refractivity contribution in [2.75, 3.05) is 0 Å². The molecule has 0 radical (unpaired) electrons. The molecule has 3 heteroatoms. The molecule has 1 aromatic rings. The van der Waals surface area contributed by atoms with Crippen LogP contribution < -0.4 is 0 Å². The largest absolute Gasteiger partial charge is 0.413 e. The second-order valence-corrected chi connectivity index (χ2v) is 11.4. The fourth-order valence-corrected chi connectivity index (χ4v) is 2.47. The molecule has 0 saturated carbocycles. The van der Waals surface area contributed by atoms with Gasteiger partial charge in [0.1, 0.15) is 0 Å². The molecule has 0 aliphatic heterocycles. The highest BCUT2D eigenvalue weighted by atomic mass is 35.5. The Morgan fingerprint density at radius 1 is 1.24 bits per heavy atom. The number of halogens is 1. The Labute approximate surface area is 111 Å². The molecule has 0 N–H and O–H groups in total. The van der Waals surface area contributed by atoms with Crippen molar-refractivity contribution in [1.82, 2.24) is 0 Å². The summed E-state index contributed by atoms with van der Waals surface area (Å²) in [6, 6.07) is 5.98. The van der Waals surface area contributed by atoms with Crippen molar-refractivity contribution in [3.63, 3.8) is 0 Å². The zero-order valence-electron chi connectivity index (χ0n) is 11.7. The van der Waals surface area contributed by atoms with E-state index in [1.807, 2.05) is 12.1 Å². The van der Waals surface area contributed by atoms with Crippen molar-refractivity contribution in [2.45, 2.75) is 52.4 Å². The minimum atomic E-state index is -1.66. The third kappa shape index (κ3) is 3.83. The fourth-order valence-electron chi connectivity index (χ4n) is 1.30. The SMILES string of the molecule is Cc1cc(Cl)ccc1CO[Si](C)(C)C(C)(C)C. The van der Waals surface area contributed by atoms with Gasteiger partial charge in [-0.05, 0) is 48.3 Å². The maximum absolute atomic E-state index is 6.20. The average Bonchev–Trinajstić information content (AvgIpc) is 2.14. The Balaban J connectivity index is 2.74. The lowest BCUT2D eigenvalue weighted by Gasteiger charge is -2.36. The van der Waals surface area contributed by atoms with Gasteiger partial charge in [-0.25, -0.2) is 0 Å². The molecule has 1 nitrogen and oxygen atoms in total. The summed E-state index contributed by atoms with van der Waals surface area (Å²) in [4.78, 5) is 0. The normalized spacial score (nSPS) is 12.9. The number of hydrogen-bond acceptors (Lipinski definition) is 1. The lowest BCUT2D eigenvalue weighted by atomic mass is 10.1. The molecule has 0 heterocycles. The first-order chi connectivity index (χ1) is 7.63. The molecule has 0 bridgehead atoms. The molecule has 0 saturated heterocycles. The molecule has 96 valence electrons. The molecule has 0 aliphatic carbocycles. The molecular weight excluding hydrogens is 248 g/mol. The molecule has 0 aromatic heterocycles. The van der Waals surface area contributed by atoms with Gasteiger partial charge in [0, 0.05) is 5.02 Å². The standard InChI is InChI=1S/C14H23ClOSi/c1-11-9-13(15)8-7-12(11)10-16-17(5,6)14(2,3)4/h7-9H,10H2,1-6H3. The van der Waals surface area contributed by atoms with E-state index in [2.05, 4.69) is 46.9 Å². The molecule has 0 fully saturated rings. The zero-order chi connectivity index (χ0) is 13.3. The first-order valence-electron chi connectivity index (χ1n) is 6.02. The quantitative estimate of drug-likeness (QED) is 0.689. The highest BCUT2D eigenvalue weighted by molar-refractivity contribution is 6.74. The summed E-state index contributed by atoms with van der Waals surface area (Å²) < 4.78 is 6.20. The summed E-state index contributed by atoms with van der Waals surface area (Å²) in [6.45, 7) is 14.1. The monoisotopic (exact) mass is 270 g/mol. The highest BCUT2D eigenvalue weighted by Gasteiger charge is 2.37. The third-order valence-electron chi connectivity index (χ3n) is 3.70. The molecular formula is C14H23ClOSi. The predicted octanol–water partition coefficient (Wildman–Crippen LogP) is 5.17. The topological polar surface area (TPSA) is 9.23 Å². The van der Waals surface area contributed by atoms with Crippen LogP contribution in [0.3, 0.4) is 0 Å². The van der Waals surface area contributed by atoms with Crippen LogP contribution >= 0.6 is 11.6 Å². The summed E-state index contributed by atoms with van der Waals surface area (Å²) in [5.74, 6) is 0. The average molecular weight is 271 g/mol. The second-order valence-electron chi connectivity index (χ2n) is 6.12. The Bertz CT molecular complexity index is 394. The van der Waals surface area contributed by atoms with Gasteiger partial charge in [-0.15, -0.1) is 0 Å². The van der Waals surface area contributed by atoms with Gasteiger partial charge in [0.15, 0.2) is 8.32 Å². The molecule has 0 unspecified atom stereocenters. The van der Waals surface area contributed by atoms with E-state index in [1.165, 1.54) is 11.1 Å². The lowest BCUT2D eigenvalue weighted by Crippen LogP contribution is -2.40. The van der Waals surface area contributed by atoms with Crippen molar-refractivity contribution >= 4 is 19.9 Å². The van der Waals surface area contributed by atoms with Crippen molar-refractivity contribution in [3.05, 3.63) is 34.3 Å². The minimum Gasteiger partial charge on any atom is -0.413 e. The fraction of sp³-hybridized carbons (Fsp3) is 0.571. The van der Waals surface area contributed by atoms with Crippen LogP contribution in [0.15, 0.2) is 18.2 Å². The highest BCUT2D eigenvalue weighted by Crippen LogP contribution is 2.37. The number of aryl methyl sites for hydroxylation is 1. The summed E-state index contributed by atoms with van der Waals surface area (Å²) in [6.07, 6.45) is 0. The van der Waals surface area contributed by atoms with Crippen molar-refractivity contribution in [3.8, 4) is 0 Å². The van der Waals surface area contributed by atoms with Crippen LogP contribution in [0.1, 0.15) is 31.9 Å². The van der Waals surface area contributed by atoms with E-state index in [0.717, 1.165) is 5.02 Å². The first kappa shape index (κ1) is 14.7. The van der Waals surface area contributed by atoms with Crippen LogP contribution in [0, 0.1) is 6.92 Å². The smallest absolute Gasteiger partial charge is 0.192 e. The van der Waals surface area contributed by atoms with Gasteiger partial charge in [-0.2, -0.15) is 0 Å². The summed E-state index contributed by atoms with van der Waals surface area (Å²) >= 11 is 5.95. The Kier molecular flexibility index (Phi) is 4.45. The van der Waals surface area contributed by atoms with Gasteiger partial charge in [-0.1, -0.05) is 38.4 Å². The Hall–Kier alpha value is -0.313. The minimum absolute atomic E-state index is 0.257. The van der Waals surface area contributed by atoms with E-state index < -0.39 is 8.32 Å². The van der Waals surface area contributed by atoms with E-state index in [9.17, 15) is 0 Å². The summed E-state index contributed by atoms with van der Waals surface area (Å²) in [5, 5.41) is 1.05. The van der Waals surface area contributed by atoms with E-state index >= 15 is 0 Å². The van der Waals surface area contributed by atoms with E-state index in [4.69, 9.17) is 16.0 Å². The van der Waals surface area contributed by atoms with Crippen LogP contribution in [0.5, 0.6) is 0 Å². The zero-order valence-corrected chi connectivity index (χ0v) is 13.5. The Morgan fingerprint density at radius 2 is 1.82 bits per heavy atom. The van der Waals surface area contributed by atoms with Gasteiger partial charge in [0.2, 0.25) is 0 Å². The molecule has 17 heavy (non-hydrogen) atoms. The molecule has 0 atom stereocenters. The number of benzene rings is 1. The van der Waals surface area contributed by atoms with Crippen molar-refractivity contribution in [1.29, 1.82) is 0 Å². The molecule has 1 rings (SSSR count). The number of hydrogen-bond donors (Lipinski definition) is 0. The first-order valence-corrected chi connectivity index (χ1v) is 9.31. The van der Waals surface area contributed by atoms with E-state index in [0.29, 0.717) is 6.61 Å². The number of rotatable bonds is 3. The van der Waals surface area contributed by atoms with E-state index in [-0.39, 0.29) is 5.04 Å². The molecule has 0 spiro atoms. The molecule has 0 amide bonds. The van der Waals surface area contributed by atoms with Gasteiger partial charge in [0.05, 0.1) is 6.61 Å².